The molecule has 3 aliphatic rings. The average Bonchev–Trinajstić information content (AvgIpc) is 2.91. The summed E-state index contributed by atoms with van der Waals surface area (Å²) in [5.41, 5.74) is 2.99. The van der Waals surface area contributed by atoms with Crippen LogP contribution >= 0.6 is 0 Å². The smallest absolute Gasteiger partial charge is 0.161 e. The summed E-state index contributed by atoms with van der Waals surface area (Å²) in [7, 11) is 1.63. The summed E-state index contributed by atoms with van der Waals surface area (Å²) >= 11 is 0. The zero-order chi connectivity index (χ0) is 16.2. The molecule has 1 aromatic rings. The molecule has 0 radical (unpaired) electrons. The van der Waals surface area contributed by atoms with Crippen LogP contribution in [0.4, 0.5) is 0 Å². The minimum atomic E-state index is 0.382. The van der Waals surface area contributed by atoms with Crippen LogP contribution in [0.3, 0.4) is 0 Å². The fourth-order valence-corrected chi connectivity index (χ4v) is 6.22. The fraction of sp³-hybridized carbons (Fsp3) is 0.619. The molecule has 0 aliphatic heterocycles. The second kappa shape index (κ2) is 5.29. The number of benzene rings is 1. The van der Waals surface area contributed by atoms with Gasteiger partial charge in [0.05, 0.1) is 7.11 Å². The van der Waals surface area contributed by atoms with Gasteiger partial charge >= 0.3 is 0 Å². The van der Waals surface area contributed by atoms with E-state index in [1.807, 2.05) is 6.07 Å². The van der Waals surface area contributed by atoms with Gasteiger partial charge < -0.3 is 9.84 Å². The molecule has 1 N–H and O–H groups in total. The molecule has 0 bridgehead atoms. The third-order valence-electron chi connectivity index (χ3n) is 7.42. The lowest BCUT2D eigenvalue weighted by atomic mass is 9.54. The van der Waals surface area contributed by atoms with E-state index in [0.717, 1.165) is 23.8 Å². The molecule has 2 heteroatoms. The first-order valence-electron chi connectivity index (χ1n) is 9.11. The SMILES string of the molecule is C=C[C@H]1CC[C@H]2[C@@H]3CCc4c(ccc(OC)c4O)[C@H]3CC[C@]12C. The predicted molar refractivity (Wildman–Crippen MR) is 93.0 cm³/mol. The van der Waals surface area contributed by atoms with Crippen LogP contribution in [0.2, 0.25) is 0 Å². The van der Waals surface area contributed by atoms with E-state index in [4.69, 9.17) is 4.74 Å². The summed E-state index contributed by atoms with van der Waals surface area (Å²) in [6.07, 6.45) is 9.63. The van der Waals surface area contributed by atoms with Crippen molar-refractivity contribution in [1.29, 1.82) is 0 Å². The Hall–Kier alpha value is -1.44. The molecule has 1 aromatic carbocycles. The molecule has 2 nitrogen and oxygen atoms in total. The maximum absolute atomic E-state index is 10.5. The molecule has 2 saturated carbocycles. The van der Waals surface area contributed by atoms with Crippen molar-refractivity contribution in [2.75, 3.05) is 7.11 Å². The van der Waals surface area contributed by atoms with Crippen LogP contribution in [0.25, 0.3) is 0 Å². The van der Waals surface area contributed by atoms with Gasteiger partial charge in [-0.15, -0.1) is 6.58 Å². The number of rotatable bonds is 2. The molecule has 23 heavy (non-hydrogen) atoms. The first kappa shape index (κ1) is 15.1. The van der Waals surface area contributed by atoms with Gasteiger partial charge in [-0.3, -0.25) is 0 Å². The van der Waals surface area contributed by atoms with Crippen molar-refractivity contribution in [2.24, 2.45) is 23.2 Å². The van der Waals surface area contributed by atoms with Crippen LogP contribution in [0.15, 0.2) is 24.8 Å². The molecular formula is C21H28O2. The fourth-order valence-electron chi connectivity index (χ4n) is 6.22. The summed E-state index contributed by atoms with van der Waals surface area (Å²) in [5, 5.41) is 10.5. The van der Waals surface area contributed by atoms with E-state index in [-0.39, 0.29) is 0 Å². The number of allylic oxidation sites excluding steroid dienone is 1. The van der Waals surface area contributed by atoms with Gasteiger partial charge in [0.2, 0.25) is 0 Å². The van der Waals surface area contributed by atoms with Crippen LogP contribution in [-0.2, 0) is 6.42 Å². The predicted octanol–water partition coefficient (Wildman–Crippen LogP) is 5.06. The average molecular weight is 312 g/mol. The van der Waals surface area contributed by atoms with Crippen LogP contribution in [-0.4, -0.2) is 12.2 Å². The van der Waals surface area contributed by atoms with Gasteiger partial charge in [0.1, 0.15) is 0 Å². The van der Waals surface area contributed by atoms with Crippen molar-refractivity contribution in [3.8, 4) is 11.5 Å². The third kappa shape index (κ3) is 2.00. The number of methoxy groups -OCH3 is 1. The molecule has 124 valence electrons. The van der Waals surface area contributed by atoms with Gasteiger partial charge in [-0.1, -0.05) is 19.1 Å². The number of phenols is 1. The van der Waals surface area contributed by atoms with Gasteiger partial charge in [0.15, 0.2) is 11.5 Å². The van der Waals surface area contributed by atoms with Crippen LogP contribution in [0.1, 0.15) is 56.1 Å². The molecule has 0 aromatic heterocycles. The highest BCUT2D eigenvalue weighted by Gasteiger charge is 2.53. The molecule has 0 heterocycles. The highest BCUT2D eigenvalue weighted by atomic mass is 16.5. The molecule has 2 fully saturated rings. The lowest BCUT2D eigenvalue weighted by Gasteiger charge is -2.50. The summed E-state index contributed by atoms with van der Waals surface area (Å²) in [6, 6.07) is 4.17. The molecule has 3 aliphatic carbocycles. The van der Waals surface area contributed by atoms with Crippen LogP contribution < -0.4 is 4.74 Å². The minimum absolute atomic E-state index is 0.382. The lowest BCUT2D eigenvalue weighted by molar-refractivity contribution is 0.0407. The summed E-state index contributed by atoms with van der Waals surface area (Å²) in [6.45, 7) is 6.61. The van der Waals surface area contributed by atoms with Crippen molar-refractivity contribution in [2.45, 2.75) is 51.4 Å². The van der Waals surface area contributed by atoms with Gasteiger partial charge in [0, 0.05) is 5.56 Å². The minimum Gasteiger partial charge on any atom is -0.504 e. The molecular weight excluding hydrogens is 284 g/mol. The summed E-state index contributed by atoms with van der Waals surface area (Å²) in [5.74, 6) is 3.92. The van der Waals surface area contributed by atoms with Crippen molar-refractivity contribution >= 4 is 0 Å². The highest BCUT2D eigenvalue weighted by Crippen LogP contribution is 2.63. The first-order valence-corrected chi connectivity index (χ1v) is 9.11. The van der Waals surface area contributed by atoms with E-state index >= 15 is 0 Å². The number of aromatic hydroxyl groups is 1. The van der Waals surface area contributed by atoms with E-state index in [9.17, 15) is 5.11 Å². The molecule has 0 spiro atoms. The second-order valence-corrected chi connectivity index (χ2v) is 8.06. The largest absolute Gasteiger partial charge is 0.504 e. The zero-order valence-corrected chi connectivity index (χ0v) is 14.3. The Bertz CT molecular complexity index is 635. The van der Waals surface area contributed by atoms with E-state index < -0.39 is 0 Å². The Balaban J connectivity index is 1.71. The summed E-state index contributed by atoms with van der Waals surface area (Å²) in [4.78, 5) is 0. The quantitative estimate of drug-likeness (QED) is 0.774. The maximum Gasteiger partial charge on any atom is 0.161 e. The third-order valence-corrected chi connectivity index (χ3v) is 7.42. The number of ether oxygens (including phenoxy) is 1. The highest BCUT2D eigenvalue weighted by molar-refractivity contribution is 5.52. The van der Waals surface area contributed by atoms with Crippen molar-refractivity contribution in [3.05, 3.63) is 35.9 Å². The Morgan fingerprint density at radius 1 is 1.26 bits per heavy atom. The van der Waals surface area contributed by atoms with E-state index in [1.165, 1.54) is 37.7 Å². The Morgan fingerprint density at radius 2 is 2.09 bits per heavy atom. The van der Waals surface area contributed by atoms with E-state index in [2.05, 4.69) is 25.6 Å². The number of fused-ring (bicyclic) bond motifs is 5. The number of phenolic OH excluding ortho intramolecular Hbond substituents is 1. The maximum atomic E-state index is 10.5. The van der Waals surface area contributed by atoms with Crippen molar-refractivity contribution in [3.63, 3.8) is 0 Å². The van der Waals surface area contributed by atoms with Gasteiger partial charge in [-0.2, -0.15) is 0 Å². The van der Waals surface area contributed by atoms with Gasteiger partial charge in [0.25, 0.3) is 0 Å². The van der Waals surface area contributed by atoms with Gasteiger partial charge in [-0.25, -0.2) is 0 Å². The van der Waals surface area contributed by atoms with E-state index in [1.54, 1.807) is 7.11 Å². The Morgan fingerprint density at radius 3 is 2.83 bits per heavy atom. The number of hydrogen-bond acceptors (Lipinski definition) is 2. The molecule has 0 saturated heterocycles. The second-order valence-electron chi connectivity index (χ2n) is 8.06. The first-order chi connectivity index (χ1) is 11.1. The molecule has 0 amide bonds. The van der Waals surface area contributed by atoms with Gasteiger partial charge in [-0.05, 0) is 79.2 Å². The molecule has 0 unspecified atom stereocenters. The van der Waals surface area contributed by atoms with E-state index in [0.29, 0.717) is 28.7 Å². The zero-order valence-electron chi connectivity index (χ0n) is 14.3. The van der Waals surface area contributed by atoms with Crippen LogP contribution in [0, 0.1) is 23.2 Å². The standard InChI is InChI=1S/C21H28O2/c1-4-13-5-9-18-16-6-7-17-14(8-10-19(23-3)20(17)22)15(16)11-12-21(13,18)2/h4,8,10,13,15-16,18,22H,1,5-7,9,11-12H2,2-3H3/t13-,15+,16+,18-,21+/m0/s1. The molecule has 4 rings (SSSR count). The normalized spacial score (nSPS) is 38.3. The Kier molecular flexibility index (Phi) is 3.48. The lowest BCUT2D eigenvalue weighted by Crippen LogP contribution is -2.41. The van der Waals surface area contributed by atoms with Crippen LogP contribution in [0.5, 0.6) is 11.5 Å². The Labute approximate surface area is 139 Å². The molecule has 5 atom stereocenters. The van der Waals surface area contributed by atoms with Crippen molar-refractivity contribution in [1.82, 2.24) is 0 Å². The topological polar surface area (TPSA) is 29.5 Å². The monoisotopic (exact) mass is 312 g/mol. The van der Waals surface area contributed by atoms with Crippen molar-refractivity contribution < 1.29 is 9.84 Å². The number of hydrogen-bond donors (Lipinski definition) is 1. The summed E-state index contributed by atoms with van der Waals surface area (Å²) < 4.78 is 5.30.